The third-order valence-corrected chi connectivity index (χ3v) is 3.46. The summed E-state index contributed by atoms with van der Waals surface area (Å²) >= 11 is 0. The number of anilines is 2. The molecule has 6 heteroatoms. The van der Waals surface area contributed by atoms with Crippen LogP contribution < -0.4 is 5.32 Å². The molecule has 1 N–H and O–H groups in total. The average molecular weight is 334 g/mol. The maximum absolute atomic E-state index is 11.7. The van der Waals surface area contributed by atoms with Gasteiger partial charge in [0.25, 0.3) is 0 Å². The molecule has 0 amide bonds. The molecule has 0 bridgehead atoms. The fourth-order valence-electron chi connectivity index (χ4n) is 2.31. The van der Waals surface area contributed by atoms with Gasteiger partial charge >= 0.3 is 5.97 Å². The van der Waals surface area contributed by atoms with Crippen LogP contribution in [0.3, 0.4) is 0 Å². The minimum Gasteiger partial charge on any atom is -0.462 e. The van der Waals surface area contributed by atoms with Crippen LogP contribution in [0.2, 0.25) is 0 Å². The highest BCUT2D eigenvalue weighted by Gasteiger charge is 2.08. The van der Waals surface area contributed by atoms with Crippen molar-refractivity contribution in [2.75, 3.05) is 11.9 Å². The van der Waals surface area contributed by atoms with Crippen LogP contribution in [0.4, 0.5) is 11.5 Å². The molecule has 6 nitrogen and oxygen atoms in total. The van der Waals surface area contributed by atoms with E-state index in [2.05, 4.69) is 20.3 Å². The first kappa shape index (κ1) is 16.6. The van der Waals surface area contributed by atoms with E-state index in [-0.39, 0.29) is 5.97 Å². The number of nitrogens with one attached hydrogen (secondary N) is 1. The van der Waals surface area contributed by atoms with Crippen molar-refractivity contribution < 1.29 is 9.53 Å². The molecular formula is C19H18N4O2. The topological polar surface area (TPSA) is 77.0 Å². The van der Waals surface area contributed by atoms with Crippen molar-refractivity contribution in [3.8, 4) is 11.4 Å². The van der Waals surface area contributed by atoms with E-state index >= 15 is 0 Å². The second kappa shape index (κ2) is 7.53. The van der Waals surface area contributed by atoms with Gasteiger partial charge in [-0.3, -0.25) is 4.98 Å². The van der Waals surface area contributed by atoms with Gasteiger partial charge in [-0.2, -0.15) is 0 Å². The molecule has 2 heterocycles. The van der Waals surface area contributed by atoms with Crippen LogP contribution in [0.1, 0.15) is 23.0 Å². The summed E-state index contributed by atoms with van der Waals surface area (Å²) in [6, 6.07) is 12.7. The zero-order valence-corrected chi connectivity index (χ0v) is 14.1. The first-order chi connectivity index (χ1) is 12.2. The van der Waals surface area contributed by atoms with Crippen molar-refractivity contribution >= 4 is 17.5 Å². The summed E-state index contributed by atoms with van der Waals surface area (Å²) in [6.45, 7) is 4.06. The fraction of sp³-hybridized carbons (Fsp3) is 0.158. The number of carbonyl (C=O) groups excluding carboxylic acids is 1. The number of hydrogen-bond donors (Lipinski definition) is 1. The number of ether oxygens (including phenoxy) is 1. The molecule has 0 spiro atoms. The van der Waals surface area contributed by atoms with E-state index in [1.54, 1.807) is 31.5 Å². The van der Waals surface area contributed by atoms with Gasteiger partial charge in [-0.05, 0) is 50.2 Å². The van der Waals surface area contributed by atoms with Crippen LogP contribution in [-0.2, 0) is 4.74 Å². The predicted molar refractivity (Wildman–Crippen MR) is 95.7 cm³/mol. The lowest BCUT2D eigenvalue weighted by molar-refractivity contribution is 0.0526. The number of carbonyl (C=O) groups is 1. The number of aromatic nitrogens is 3. The van der Waals surface area contributed by atoms with E-state index in [4.69, 9.17) is 4.74 Å². The zero-order chi connectivity index (χ0) is 17.6. The van der Waals surface area contributed by atoms with Crippen LogP contribution in [-0.4, -0.2) is 27.5 Å². The molecule has 1 aromatic carbocycles. The number of hydrogen-bond acceptors (Lipinski definition) is 6. The Balaban J connectivity index is 1.81. The first-order valence-corrected chi connectivity index (χ1v) is 7.96. The SMILES string of the molecule is CCOC(=O)c1ccc(Nc2cc(C)nc(-c3ccncc3)n2)cc1. The standard InChI is InChI=1S/C19H18N4O2/c1-3-25-19(24)15-4-6-16(7-5-15)22-17-12-13(2)21-18(23-17)14-8-10-20-11-9-14/h4-12H,3H2,1-2H3,(H,21,22,23). The minimum absolute atomic E-state index is 0.327. The van der Waals surface area contributed by atoms with Gasteiger partial charge in [0.15, 0.2) is 5.82 Å². The Kier molecular flexibility index (Phi) is 4.99. The zero-order valence-electron chi connectivity index (χ0n) is 14.1. The van der Waals surface area contributed by atoms with Crippen molar-refractivity contribution in [3.05, 3.63) is 66.1 Å². The Hall–Kier alpha value is -3.28. The van der Waals surface area contributed by atoms with Crippen molar-refractivity contribution in [2.24, 2.45) is 0 Å². The molecule has 0 aliphatic heterocycles. The van der Waals surface area contributed by atoms with E-state index in [0.717, 1.165) is 16.9 Å². The van der Waals surface area contributed by atoms with Gasteiger partial charge in [0.05, 0.1) is 12.2 Å². The fourth-order valence-corrected chi connectivity index (χ4v) is 2.31. The molecule has 0 aliphatic rings. The highest BCUT2D eigenvalue weighted by Crippen LogP contribution is 2.20. The molecule has 0 fully saturated rings. The maximum atomic E-state index is 11.7. The third kappa shape index (κ3) is 4.17. The summed E-state index contributed by atoms with van der Waals surface area (Å²) in [7, 11) is 0. The molecule has 3 rings (SSSR count). The van der Waals surface area contributed by atoms with Crippen LogP contribution in [0.15, 0.2) is 54.9 Å². The molecule has 0 saturated carbocycles. The molecule has 0 unspecified atom stereocenters. The third-order valence-electron chi connectivity index (χ3n) is 3.46. The Bertz CT molecular complexity index is 864. The molecule has 0 saturated heterocycles. The number of esters is 1. The molecule has 0 radical (unpaired) electrons. The number of nitrogens with zero attached hydrogens (tertiary/aromatic N) is 3. The normalized spacial score (nSPS) is 10.3. The molecular weight excluding hydrogens is 316 g/mol. The monoisotopic (exact) mass is 334 g/mol. The van der Waals surface area contributed by atoms with E-state index in [9.17, 15) is 4.79 Å². The summed E-state index contributed by atoms with van der Waals surface area (Å²) in [6.07, 6.45) is 3.42. The van der Waals surface area contributed by atoms with Crippen molar-refractivity contribution in [2.45, 2.75) is 13.8 Å². The molecule has 0 atom stereocenters. The molecule has 3 aromatic rings. The average Bonchev–Trinajstić information content (AvgIpc) is 2.63. The van der Waals surface area contributed by atoms with Gasteiger partial charge in [-0.15, -0.1) is 0 Å². The molecule has 126 valence electrons. The highest BCUT2D eigenvalue weighted by molar-refractivity contribution is 5.89. The summed E-state index contributed by atoms with van der Waals surface area (Å²) in [5.41, 5.74) is 3.10. The lowest BCUT2D eigenvalue weighted by Gasteiger charge is -2.09. The Morgan fingerprint density at radius 2 is 1.80 bits per heavy atom. The van der Waals surface area contributed by atoms with E-state index < -0.39 is 0 Å². The van der Waals surface area contributed by atoms with Crippen LogP contribution >= 0.6 is 0 Å². The largest absolute Gasteiger partial charge is 0.462 e. The maximum Gasteiger partial charge on any atom is 0.338 e. The van der Waals surface area contributed by atoms with Gasteiger partial charge in [0.2, 0.25) is 0 Å². The first-order valence-electron chi connectivity index (χ1n) is 7.96. The number of rotatable bonds is 5. The smallest absolute Gasteiger partial charge is 0.338 e. The van der Waals surface area contributed by atoms with Crippen LogP contribution in [0.25, 0.3) is 11.4 Å². The summed E-state index contributed by atoms with van der Waals surface area (Å²) in [5, 5.41) is 3.23. The minimum atomic E-state index is -0.327. The van der Waals surface area contributed by atoms with E-state index in [1.807, 2.05) is 37.3 Å². The van der Waals surface area contributed by atoms with E-state index in [1.165, 1.54) is 0 Å². The van der Waals surface area contributed by atoms with Crippen molar-refractivity contribution in [3.63, 3.8) is 0 Å². The van der Waals surface area contributed by atoms with Crippen LogP contribution in [0.5, 0.6) is 0 Å². The highest BCUT2D eigenvalue weighted by atomic mass is 16.5. The summed E-state index contributed by atoms with van der Waals surface area (Å²) in [5.74, 6) is 0.989. The predicted octanol–water partition coefficient (Wildman–Crippen LogP) is 3.77. The van der Waals surface area contributed by atoms with Crippen molar-refractivity contribution in [1.29, 1.82) is 0 Å². The second-order valence-corrected chi connectivity index (χ2v) is 5.38. The summed E-state index contributed by atoms with van der Waals surface area (Å²) < 4.78 is 4.98. The molecule has 2 aromatic heterocycles. The lowest BCUT2D eigenvalue weighted by Crippen LogP contribution is -2.04. The Labute approximate surface area is 145 Å². The Morgan fingerprint density at radius 3 is 2.48 bits per heavy atom. The summed E-state index contributed by atoms with van der Waals surface area (Å²) in [4.78, 5) is 24.7. The lowest BCUT2D eigenvalue weighted by atomic mass is 10.2. The second-order valence-electron chi connectivity index (χ2n) is 5.38. The van der Waals surface area contributed by atoms with Gasteiger partial charge in [0, 0.05) is 35.4 Å². The quantitative estimate of drug-likeness (QED) is 0.716. The molecule has 25 heavy (non-hydrogen) atoms. The van der Waals surface area contributed by atoms with Gasteiger partial charge in [0.1, 0.15) is 5.82 Å². The van der Waals surface area contributed by atoms with Gasteiger partial charge in [-0.25, -0.2) is 14.8 Å². The number of benzene rings is 1. The van der Waals surface area contributed by atoms with Gasteiger partial charge < -0.3 is 10.1 Å². The van der Waals surface area contributed by atoms with Gasteiger partial charge in [-0.1, -0.05) is 0 Å². The van der Waals surface area contributed by atoms with E-state index in [0.29, 0.717) is 23.8 Å². The van der Waals surface area contributed by atoms with Crippen molar-refractivity contribution in [1.82, 2.24) is 15.0 Å². The molecule has 0 aliphatic carbocycles. The Morgan fingerprint density at radius 1 is 1.08 bits per heavy atom. The number of pyridine rings is 1. The number of aryl methyl sites for hydroxylation is 1. The van der Waals surface area contributed by atoms with Crippen LogP contribution in [0, 0.1) is 6.92 Å².